The van der Waals surface area contributed by atoms with Gasteiger partial charge in [0.05, 0.1) is 16.7 Å². The van der Waals surface area contributed by atoms with Crippen molar-refractivity contribution >= 4 is 49.6 Å². The Morgan fingerprint density at radius 3 is 1.30 bits per heavy atom. The monoisotopic (exact) mass is 764 g/mol. The van der Waals surface area contributed by atoms with Gasteiger partial charge in [0.2, 0.25) is 0 Å². The Balaban J connectivity index is 0.997. The van der Waals surface area contributed by atoms with Crippen molar-refractivity contribution in [1.29, 1.82) is 0 Å². The Hall–Kier alpha value is -7.94. The van der Waals surface area contributed by atoms with Gasteiger partial charge in [-0.2, -0.15) is 0 Å². The zero-order chi connectivity index (χ0) is 39.8. The van der Waals surface area contributed by atoms with Crippen LogP contribution < -0.4 is 4.90 Å². The van der Waals surface area contributed by atoms with Gasteiger partial charge in [0.25, 0.3) is 0 Å². The molecule has 0 amide bonds. The van der Waals surface area contributed by atoms with E-state index >= 15 is 0 Å². The first-order chi connectivity index (χ1) is 29.8. The molecule has 0 radical (unpaired) electrons. The van der Waals surface area contributed by atoms with E-state index in [2.05, 4.69) is 252 Å². The van der Waals surface area contributed by atoms with Crippen LogP contribution in [0.5, 0.6) is 0 Å². The highest BCUT2D eigenvalue weighted by atomic mass is 15.1. The summed E-state index contributed by atoms with van der Waals surface area (Å²) in [5, 5.41) is 4.91. The van der Waals surface area contributed by atoms with Gasteiger partial charge in [0.1, 0.15) is 0 Å². The van der Waals surface area contributed by atoms with Crippen molar-refractivity contribution in [3.8, 4) is 50.2 Å². The van der Waals surface area contributed by atoms with Crippen LogP contribution in [0.1, 0.15) is 0 Å². The number of anilines is 3. The number of nitrogens with zero attached hydrogens (tertiary/aromatic N) is 2. The second kappa shape index (κ2) is 15.1. The predicted molar refractivity (Wildman–Crippen MR) is 255 cm³/mol. The number of hydrogen-bond donors (Lipinski definition) is 0. The number of para-hydroxylation sites is 1. The van der Waals surface area contributed by atoms with Crippen LogP contribution in [0.25, 0.3) is 82.8 Å². The van der Waals surface area contributed by atoms with Crippen molar-refractivity contribution in [2.24, 2.45) is 0 Å². The molecule has 0 atom stereocenters. The molecule has 10 aromatic carbocycles. The van der Waals surface area contributed by atoms with E-state index in [-0.39, 0.29) is 0 Å². The first kappa shape index (κ1) is 35.2. The predicted octanol–water partition coefficient (Wildman–Crippen LogP) is 16.1. The molecule has 0 aliphatic rings. The highest BCUT2D eigenvalue weighted by molar-refractivity contribution is 6.11. The van der Waals surface area contributed by atoms with Crippen LogP contribution in [0.15, 0.2) is 243 Å². The van der Waals surface area contributed by atoms with Gasteiger partial charge in [0.15, 0.2) is 0 Å². The Morgan fingerprint density at radius 2 is 0.700 bits per heavy atom. The number of fused-ring (bicyclic) bond motifs is 4. The lowest BCUT2D eigenvalue weighted by molar-refractivity contribution is 1.18. The van der Waals surface area contributed by atoms with Crippen molar-refractivity contribution in [2.75, 3.05) is 4.90 Å². The van der Waals surface area contributed by atoms with E-state index in [1.54, 1.807) is 0 Å². The maximum Gasteiger partial charge on any atom is 0.0541 e. The van der Waals surface area contributed by atoms with E-state index in [1.165, 1.54) is 77.1 Å². The zero-order valence-electron chi connectivity index (χ0n) is 33.0. The lowest BCUT2D eigenvalue weighted by Crippen LogP contribution is -2.10. The molecule has 0 spiro atoms. The highest BCUT2D eigenvalue weighted by Crippen LogP contribution is 2.43. The molecular weight excluding hydrogens is 725 g/mol. The van der Waals surface area contributed by atoms with E-state index < -0.39 is 0 Å². The summed E-state index contributed by atoms with van der Waals surface area (Å²) in [6.45, 7) is 0. The fourth-order valence-electron chi connectivity index (χ4n) is 8.88. The lowest BCUT2D eigenvalue weighted by atomic mass is 9.96. The summed E-state index contributed by atoms with van der Waals surface area (Å²) in [6.07, 6.45) is 0. The highest BCUT2D eigenvalue weighted by Gasteiger charge is 2.19. The Morgan fingerprint density at radius 1 is 0.267 bits per heavy atom. The average Bonchev–Trinajstić information content (AvgIpc) is 3.67. The molecule has 0 saturated heterocycles. The van der Waals surface area contributed by atoms with Gasteiger partial charge in [-0.3, -0.25) is 0 Å². The first-order valence-electron chi connectivity index (χ1n) is 20.6. The van der Waals surface area contributed by atoms with Gasteiger partial charge in [0, 0.05) is 33.2 Å². The zero-order valence-corrected chi connectivity index (χ0v) is 33.0. The van der Waals surface area contributed by atoms with E-state index in [4.69, 9.17) is 0 Å². The summed E-state index contributed by atoms with van der Waals surface area (Å²) < 4.78 is 2.39. The van der Waals surface area contributed by atoms with Gasteiger partial charge >= 0.3 is 0 Å². The molecule has 2 heteroatoms. The van der Waals surface area contributed by atoms with Crippen molar-refractivity contribution in [3.05, 3.63) is 243 Å². The number of aromatic nitrogens is 1. The maximum absolute atomic E-state index is 2.40. The average molecular weight is 765 g/mol. The molecule has 11 rings (SSSR count). The van der Waals surface area contributed by atoms with Crippen LogP contribution in [0.2, 0.25) is 0 Å². The van der Waals surface area contributed by atoms with Gasteiger partial charge in [-0.25, -0.2) is 0 Å². The smallest absolute Gasteiger partial charge is 0.0541 e. The summed E-state index contributed by atoms with van der Waals surface area (Å²) in [5.41, 5.74) is 16.5. The third-order valence-electron chi connectivity index (χ3n) is 11.8. The number of rotatable bonds is 8. The molecule has 11 aromatic rings. The lowest BCUT2D eigenvalue weighted by Gasteiger charge is -2.28. The van der Waals surface area contributed by atoms with Crippen molar-refractivity contribution in [3.63, 3.8) is 0 Å². The van der Waals surface area contributed by atoms with Crippen LogP contribution in [-0.4, -0.2) is 4.57 Å². The second-order valence-electron chi connectivity index (χ2n) is 15.3. The molecular formula is C58H40N2. The van der Waals surface area contributed by atoms with Crippen LogP contribution in [0.3, 0.4) is 0 Å². The molecule has 282 valence electrons. The SMILES string of the molecule is c1ccc(-c2ccc(N(c3ccc(-c4ccc5c(c4)c4ccccc4n5-c4ccc(-c5ccccc5)cc4)cc3)c3ccc(-c4ccccc4)c4ccccc34)cc2)cc1. The standard InChI is InChI=1S/C58H40N2/c1-4-14-41(15-5-1)43-24-31-48(32-25-43)59(57-39-37-51(46-18-8-3-9-19-46)52-20-10-11-21-53(52)57)49-33-28-45(29-34-49)47-30-38-58-55(40-47)54-22-12-13-23-56(54)60(58)50-35-26-44(27-36-50)42-16-6-2-7-17-42/h1-40H. The summed E-state index contributed by atoms with van der Waals surface area (Å²) >= 11 is 0. The van der Waals surface area contributed by atoms with E-state index in [9.17, 15) is 0 Å². The van der Waals surface area contributed by atoms with Crippen molar-refractivity contribution < 1.29 is 0 Å². The summed E-state index contributed by atoms with van der Waals surface area (Å²) in [5.74, 6) is 0. The topological polar surface area (TPSA) is 8.17 Å². The number of benzene rings is 10. The first-order valence-corrected chi connectivity index (χ1v) is 20.6. The third-order valence-corrected chi connectivity index (χ3v) is 11.8. The molecule has 0 aliphatic heterocycles. The van der Waals surface area contributed by atoms with Gasteiger partial charge in [-0.1, -0.05) is 182 Å². The largest absolute Gasteiger partial charge is 0.310 e. The van der Waals surface area contributed by atoms with Crippen LogP contribution in [-0.2, 0) is 0 Å². The van der Waals surface area contributed by atoms with E-state index in [0.717, 1.165) is 22.7 Å². The minimum Gasteiger partial charge on any atom is -0.310 e. The molecule has 60 heavy (non-hydrogen) atoms. The quantitative estimate of drug-likeness (QED) is 0.150. The fraction of sp³-hybridized carbons (Fsp3) is 0. The van der Waals surface area contributed by atoms with E-state index in [1.807, 2.05) is 0 Å². The summed E-state index contributed by atoms with van der Waals surface area (Å²) in [6, 6.07) is 87.8. The Labute approximate surface area is 350 Å². The molecule has 0 aliphatic carbocycles. The molecule has 1 heterocycles. The summed E-state index contributed by atoms with van der Waals surface area (Å²) in [4.78, 5) is 2.40. The molecule has 0 unspecified atom stereocenters. The second-order valence-corrected chi connectivity index (χ2v) is 15.3. The molecule has 2 nitrogen and oxygen atoms in total. The molecule has 0 bridgehead atoms. The van der Waals surface area contributed by atoms with Crippen LogP contribution in [0, 0.1) is 0 Å². The molecule has 0 fully saturated rings. The van der Waals surface area contributed by atoms with Crippen molar-refractivity contribution in [2.45, 2.75) is 0 Å². The normalized spacial score (nSPS) is 11.3. The minimum absolute atomic E-state index is 1.10. The number of hydrogen-bond acceptors (Lipinski definition) is 1. The maximum atomic E-state index is 2.40. The van der Waals surface area contributed by atoms with E-state index in [0.29, 0.717) is 0 Å². The third kappa shape index (κ3) is 6.32. The fourth-order valence-corrected chi connectivity index (χ4v) is 8.88. The van der Waals surface area contributed by atoms with Gasteiger partial charge in [-0.05, 0) is 111 Å². The summed E-state index contributed by atoms with van der Waals surface area (Å²) in [7, 11) is 0. The van der Waals surface area contributed by atoms with Crippen molar-refractivity contribution in [1.82, 2.24) is 4.57 Å². The molecule has 0 N–H and O–H groups in total. The van der Waals surface area contributed by atoms with Crippen LogP contribution >= 0.6 is 0 Å². The minimum atomic E-state index is 1.10. The Bertz CT molecular complexity index is 3260. The van der Waals surface area contributed by atoms with Crippen LogP contribution in [0.4, 0.5) is 17.1 Å². The molecule has 1 aromatic heterocycles. The Kier molecular flexibility index (Phi) is 8.87. The molecule has 0 saturated carbocycles. The van der Waals surface area contributed by atoms with Gasteiger partial charge in [-0.15, -0.1) is 0 Å². The van der Waals surface area contributed by atoms with Gasteiger partial charge < -0.3 is 9.47 Å².